The molecule has 1 atom stereocenters. The number of aliphatic hydroxyl groups excluding tert-OH is 1. The summed E-state index contributed by atoms with van der Waals surface area (Å²) >= 11 is 5.92. The van der Waals surface area contributed by atoms with Crippen LogP contribution in [0.15, 0.2) is 42.5 Å². The fourth-order valence-corrected chi connectivity index (χ4v) is 2.58. The molecule has 2 aromatic carbocycles. The quantitative estimate of drug-likeness (QED) is 0.828. The molecule has 0 radical (unpaired) electrons. The van der Waals surface area contributed by atoms with Gasteiger partial charge in [-0.3, -0.25) is 0 Å². The molecule has 0 aliphatic heterocycles. The van der Waals surface area contributed by atoms with E-state index in [9.17, 15) is 9.50 Å². The Labute approximate surface area is 130 Å². The minimum absolute atomic E-state index is 0.0907. The Morgan fingerprint density at radius 2 is 1.71 bits per heavy atom. The minimum Gasteiger partial charge on any atom is -0.388 e. The molecule has 1 N–H and O–H groups in total. The lowest BCUT2D eigenvalue weighted by Crippen LogP contribution is -2.03. The highest BCUT2D eigenvalue weighted by Gasteiger charge is 2.13. The van der Waals surface area contributed by atoms with Gasteiger partial charge < -0.3 is 5.11 Å². The van der Waals surface area contributed by atoms with Crippen LogP contribution in [-0.4, -0.2) is 5.11 Å². The van der Waals surface area contributed by atoms with Gasteiger partial charge in [-0.25, -0.2) is 4.39 Å². The third-order valence-corrected chi connectivity index (χ3v) is 3.88. The van der Waals surface area contributed by atoms with Gasteiger partial charge in [0.2, 0.25) is 0 Å². The second-order valence-electron chi connectivity index (χ2n) is 5.77. The first-order chi connectivity index (χ1) is 9.97. The van der Waals surface area contributed by atoms with Gasteiger partial charge in [-0.1, -0.05) is 61.8 Å². The third-order valence-electron chi connectivity index (χ3n) is 3.45. The number of hydrogen-bond donors (Lipinski definition) is 1. The summed E-state index contributed by atoms with van der Waals surface area (Å²) in [5, 5.41) is 10.4. The molecule has 0 saturated heterocycles. The van der Waals surface area contributed by atoms with E-state index in [2.05, 4.69) is 13.8 Å². The van der Waals surface area contributed by atoms with E-state index in [1.54, 1.807) is 12.1 Å². The summed E-state index contributed by atoms with van der Waals surface area (Å²) in [6.45, 7) is 4.35. The standard InChI is InChI=1S/C18H20ClFO/c1-12(2)10-13-6-8-14(9-7-13)17(21)11-15-4-3-5-16(20)18(15)19/h3-9,12,17,21H,10-11H2,1-2H3. The zero-order chi connectivity index (χ0) is 15.4. The van der Waals surface area contributed by atoms with Crippen molar-refractivity contribution in [2.45, 2.75) is 32.8 Å². The average Bonchev–Trinajstić information content (AvgIpc) is 2.44. The number of aliphatic hydroxyl groups is 1. The van der Waals surface area contributed by atoms with Crippen molar-refractivity contribution in [3.8, 4) is 0 Å². The van der Waals surface area contributed by atoms with Crippen LogP contribution >= 0.6 is 11.6 Å². The molecule has 0 fully saturated rings. The van der Waals surface area contributed by atoms with E-state index < -0.39 is 11.9 Å². The van der Waals surface area contributed by atoms with Gasteiger partial charge in [-0.05, 0) is 35.1 Å². The van der Waals surface area contributed by atoms with Crippen LogP contribution < -0.4 is 0 Å². The molecule has 21 heavy (non-hydrogen) atoms. The lowest BCUT2D eigenvalue weighted by molar-refractivity contribution is 0.178. The maximum Gasteiger partial charge on any atom is 0.142 e. The molecule has 2 rings (SSSR count). The Morgan fingerprint density at radius 1 is 1.05 bits per heavy atom. The largest absolute Gasteiger partial charge is 0.388 e. The number of halogens is 2. The molecular formula is C18H20ClFO. The molecule has 0 aliphatic carbocycles. The molecule has 1 unspecified atom stereocenters. The van der Waals surface area contributed by atoms with E-state index in [1.807, 2.05) is 24.3 Å². The molecule has 112 valence electrons. The summed E-state index contributed by atoms with van der Waals surface area (Å²) < 4.78 is 13.4. The second kappa shape index (κ2) is 7.06. The lowest BCUT2D eigenvalue weighted by Gasteiger charge is -2.13. The van der Waals surface area contributed by atoms with Gasteiger partial charge >= 0.3 is 0 Å². The predicted molar refractivity (Wildman–Crippen MR) is 85.1 cm³/mol. The summed E-state index contributed by atoms with van der Waals surface area (Å²) in [5.41, 5.74) is 2.70. The van der Waals surface area contributed by atoms with Gasteiger partial charge in [-0.15, -0.1) is 0 Å². The topological polar surface area (TPSA) is 20.2 Å². The van der Waals surface area contributed by atoms with Crippen LogP contribution in [0.2, 0.25) is 5.02 Å². The highest BCUT2D eigenvalue weighted by molar-refractivity contribution is 6.31. The van der Waals surface area contributed by atoms with Crippen LogP contribution in [0.4, 0.5) is 4.39 Å². The van der Waals surface area contributed by atoms with Gasteiger partial charge in [0.1, 0.15) is 5.82 Å². The summed E-state index contributed by atoms with van der Waals surface area (Å²) in [5.74, 6) is 0.153. The van der Waals surface area contributed by atoms with Crippen LogP contribution in [0.1, 0.15) is 36.6 Å². The molecule has 0 spiro atoms. The molecule has 0 saturated carbocycles. The summed E-state index contributed by atoms with van der Waals surface area (Å²) in [4.78, 5) is 0. The third kappa shape index (κ3) is 4.29. The maximum absolute atomic E-state index is 13.4. The fraction of sp³-hybridized carbons (Fsp3) is 0.333. The van der Waals surface area contributed by atoms with E-state index in [0.29, 0.717) is 17.9 Å². The van der Waals surface area contributed by atoms with E-state index in [1.165, 1.54) is 11.6 Å². The molecule has 0 aliphatic rings. The van der Waals surface area contributed by atoms with Gasteiger partial charge in [0.05, 0.1) is 11.1 Å². The molecule has 0 amide bonds. The lowest BCUT2D eigenvalue weighted by atomic mass is 9.97. The molecule has 3 heteroatoms. The van der Waals surface area contributed by atoms with Crippen molar-refractivity contribution in [3.63, 3.8) is 0 Å². The first-order valence-corrected chi connectivity index (χ1v) is 7.55. The molecule has 1 nitrogen and oxygen atoms in total. The van der Waals surface area contributed by atoms with Crippen molar-refractivity contribution in [3.05, 3.63) is 70.0 Å². The number of benzene rings is 2. The molecule has 0 heterocycles. The Hall–Kier alpha value is -1.38. The second-order valence-corrected chi connectivity index (χ2v) is 6.15. The van der Waals surface area contributed by atoms with Crippen molar-refractivity contribution in [1.82, 2.24) is 0 Å². The van der Waals surface area contributed by atoms with Crippen molar-refractivity contribution in [2.75, 3.05) is 0 Å². The van der Waals surface area contributed by atoms with Crippen LogP contribution in [-0.2, 0) is 12.8 Å². The summed E-state index contributed by atoms with van der Waals surface area (Å²) in [7, 11) is 0. The van der Waals surface area contributed by atoms with E-state index >= 15 is 0 Å². The Bertz CT molecular complexity index is 593. The Kier molecular flexibility index (Phi) is 5.38. The van der Waals surface area contributed by atoms with Gasteiger partial charge in [-0.2, -0.15) is 0 Å². The van der Waals surface area contributed by atoms with Crippen LogP contribution in [0, 0.1) is 11.7 Å². The fourth-order valence-electron chi connectivity index (χ4n) is 2.38. The van der Waals surface area contributed by atoms with Gasteiger partial charge in [0.15, 0.2) is 0 Å². The van der Waals surface area contributed by atoms with Gasteiger partial charge in [0, 0.05) is 6.42 Å². The average molecular weight is 307 g/mol. The Balaban J connectivity index is 2.09. The predicted octanol–water partition coefficient (Wildman–Crippen LogP) is 4.95. The smallest absolute Gasteiger partial charge is 0.142 e. The van der Waals surface area contributed by atoms with E-state index in [4.69, 9.17) is 11.6 Å². The van der Waals surface area contributed by atoms with E-state index in [0.717, 1.165) is 12.0 Å². The molecule has 0 bridgehead atoms. The number of rotatable bonds is 5. The van der Waals surface area contributed by atoms with Crippen LogP contribution in [0.5, 0.6) is 0 Å². The first-order valence-electron chi connectivity index (χ1n) is 7.17. The zero-order valence-electron chi connectivity index (χ0n) is 12.3. The monoisotopic (exact) mass is 306 g/mol. The minimum atomic E-state index is -0.683. The highest BCUT2D eigenvalue weighted by atomic mass is 35.5. The highest BCUT2D eigenvalue weighted by Crippen LogP contribution is 2.26. The zero-order valence-corrected chi connectivity index (χ0v) is 13.1. The first kappa shape index (κ1) is 16.0. The van der Waals surface area contributed by atoms with Crippen molar-refractivity contribution in [2.24, 2.45) is 5.92 Å². The maximum atomic E-state index is 13.4. The van der Waals surface area contributed by atoms with Crippen molar-refractivity contribution < 1.29 is 9.50 Å². The van der Waals surface area contributed by atoms with Crippen molar-refractivity contribution in [1.29, 1.82) is 0 Å². The van der Waals surface area contributed by atoms with Crippen LogP contribution in [0.25, 0.3) is 0 Å². The van der Waals surface area contributed by atoms with Gasteiger partial charge in [0.25, 0.3) is 0 Å². The molecule has 0 aromatic heterocycles. The summed E-state index contributed by atoms with van der Waals surface area (Å²) in [6, 6.07) is 12.6. The van der Waals surface area contributed by atoms with Crippen LogP contribution in [0.3, 0.4) is 0 Å². The Morgan fingerprint density at radius 3 is 2.33 bits per heavy atom. The summed E-state index contributed by atoms with van der Waals surface area (Å²) in [6.07, 6.45) is 0.643. The normalized spacial score (nSPS) is 12.7. The van der Waals surface area contributed by atoms with Crippen molar-refractivity contribution >= 4 is 11.6 Å². The number of hydrogen-bond acceptors (Lipinski definition) is 1. The molecular weight excluding hydrogens is 287 g/mol. The SMILES string of the molecule is CC(C)Cc1ccc(C(O)Cc2cccc(F)c2Cl)cc1. The molecule has 2 aromatic rings. The van der Waals surface area contributed by atoms with E-state index in [-0.39, 0.29) is 5.02 Å².